The van der Waals surface area contributed by atoms with Crippen molar-refractivity contribution in [2.45, 2.75) is 51.7 Å². The quantitative estimate of drug-likeness (QED) is 0.667. The minimum atomic E-state index is -0.777. The van der Waals surface area contributed by atoms with Gasteiger partial charge in [-0.25, -0.2) is 4.39 Å². The van der Waals surface area contributed by atoms with Crippen LogP contribution in [0.2, 0.25) is 0 Å². The highest BCUT2D eigenvalue weighted by molar-refractivity contribution is 5.71. The first-order chi connectivity index (χ1) is 14.5. The van der Waals surface area contributed by atoms with Crippen molar-refractivity contribution in [1.82, 2.24) is 4.90 Å². The van der Waals surface area contributed by atoms with Crippen LogP contribution in [0.1, 0.15) is 44.6 Å². The van der Waals surface area contributed by atoms with Gasteiger partial charge in [-0.05, 0) is 49.3 Å². The van der Waals surface area contributed by atoms with E-state index in [1.807, 2.05) is 35.2 Å². The van der Waals surface area contributed by atoms with Crippen LogP contribution in [0.3, 0.4) is 0 Å². The van der Waals surface area contributed by atoms with Gasteiger partial charge in [-0.3, -0.25) is 9.69 Å². The molecule has 0 aromatic heterocycles. The van der Waals surface area contributed by atoms with Crippen molar-refractivity contribution in [3.8, 4) is 16.9 Å². The number of aliphatic carboxylic acids is 1. The van der Waals surface area contributed by atoms with Crippen LogP contribution in [0, 0.1) is 17.7 Å². The van der Waals surface area contributed by atoms with Gasteiger partial charge < -0.3 is 9.84 Å². The Morgan fingerprint density at radius 3 is 2.43 bits per heavy atom. The van der Waals surface area contributed by atoms with E-state index in [1.165, 1.54) is 19.3 Å². The number of likely N-dealkylation sites (tertiary alicyclic amines) is 1. The number of hydrogen-bond donors (Lipinski definition) is 1. The molecular weight excluding hydrogens is 381 g/mol. The zero-order valence-corrected chi connectivity index (χ0v) is 17.5. The second-order valence-corrected chi connectivity index (χ2v) is 8.70. The predicted octanol–water partition coefficient (Wildman–Crippen LogP) is 5.36. The fraction of sp³-hybridized carbons (Fsp3) is 0.480. The molecule has 0 atom stereocenters. The van der Waals surface area contributed by atoms with E-state index in [4.69, 9.17) is 9.84 Å². The molecule has 0 bridgehead atoms. The number of carbonyl (C=O) groups is 1. The molecule has 2 fully saturated rings. The topological polar surface area (TPSA) is 49.8 Å². The highest BCUT2D eigenvalue weighted by atomic mass is 19.1. The predicted molar refractivity (Wildman–Crippen MR) is 115 cm³/mol. The molecule has 4 nitrogen and oxygen atoms in total. The fourth-order valence-electron chi connectivity index (χ4n) is 4.58. The highest BCUT2D eigenvalue weighted by Crippen LogP contribution is 2.32. The summed E-state index contributed by atoms with van der Waals surface area (Å²) >= 11 is 0. The summed E-state index contributed by atoms with van der Waals surface area (Å²) in [5.74, 6) is 0.342. The number of benzene rings is 2. The van der Waals surface area contributed by atoms with E-state index >= 15 is 4.39 Å². The van der Waals surface area contributed by atoms with E-state index in [9.17, 15) is 4.79 Å². The number of halogens is 1. The Morgan fingerprint density at radius 2 is 1.80 bits per heavy atom. The number of carboxylic acids is 1. The van der Waals surface area contributed by atoms with E-state index < -0.39 is 5.97 Å². The molecule has 2 aliphatic rings. The van der Waals surface area contributed by atoms with E-state index in [0.29, 0.717) is 30.8 Å². The van der Waals surface area contributed by atoms with Crippen molar-refractivity contribution in [2.75, 3.05) is 13.1 Å². The minimum Gasteiger partial charge on any atom is -0.490 e. The smallest absolute Gasteiger partial charge is 0.309 e. The molecule has 2 aromatic rings. The molecule has 1 heterocycles. The zero-order valence-electron chi connectivity index (χ0n) is 17.5. The second kappa shape index (κ2) is 9.17. The Morgan fingerprint density at radius 1 is 1.10 bits per heavy atom. The third-order valence-electron chi connectivity index (χ3n) is 6.62. The number of nitrogens with zero attached hydrogens (tertiary/aromatic N) is 1. The molecule has 0 spiro atoms. The highest BCUT2D eigenvalue weighted by Gasteiger charge is 2.32. The average Bonchev–Trinajstić information content (AvgIpc) is 2.72. The molecular formula is C25H30FNO3. The van der Waals surface area contributed by atoms with Crippen LogP contribution in [0.4, 0.5) is 4.39 Å². The normalized spacial score (nSPS) is 22.5. The van der Waals surface area contributed by atoms with Gasteiger partial charge in [0.2, 0.25) is 0 Å². The fourth-order valence-corrected chi connectivity index (χ4v) is 4.58. The molecule has 30 heavy (non-hydrogen) atoms. The molecule has 0 unspecified atom stereocenters. The number of ether oxygens (including phenoxy) is 1. The zero-order chi connectivity index (χ0) is 21.1. The lowest BCUT2D eigenvalue weighted by atomic mass is 9.86. The summed E-state index contributed by atoms with van der Waals surface area (Å²) in [5, 5.41) is 9.00. The van der Waals surface area contributed by atoms with Crippen LogP contribution in [0.5, 0.6) is 5.75 Å². The van der Waals surface area contributed by atoms with E-state index in [0.717, 1.165) is 30.1 Å². The summed E-state index contributed by atoms with van der Waals surface area (Å²) in [7, 11) is 0. The van der Waals surface area contributed by atoms with Crippen LogP contribution < -0.4 is 4.74 Å². The van der Waals surface area contributed by atoms with Crippen LogP contribution in [0.25, 0.3) is 11.1 Å². The maximum Gasteiger partial charge on any atom is 0.309 e. The van der Waals surface area contributed by atoms with Crippen molar-refractivity contribution < 1.29 is 19.0 Å². The summed E-state index contributed by atoms with van der Waals surface area (Å²) in [5.41, 5.74) is 1.99. The Bertz CT molecular complexity index is 868. The summed E-state index contributed by atoms with van der Waals surface area (Å²) in [6.07, 6.45) is 6.23. The summed E-state index contributed by atoms with van der Waals surface area (Å²) < 4.78 is 21.3. The molecule has 2 aromatic carbocycles. The van der Waals surface area contributed by atoms with Crippen LogP contribution in [-0.4, -0.2) is 35.2 Å². The lowest BCUT2D eigenvalue weighted by Crippen LogP contribution is -2.49. The van der Waals surface area contributed by atoms with Crippen molar-refractivity contribution in [3.63, 3.8) is 0 Å². The van der Waals surface area contributed by atoms with Gasteiger partial charge in [0.15, 0.2) is 0 Å². The van der Waals surface area contributed by atoms with Gasteiger partial charge in [0, 0.05) is 30.8 Å². The van der Waals surface area contributed by atoms with Crippen molar-refractivity contribution in [2.24, 2.45) is 11.8 Å². The lowest BCUT2D eigenvalue weighted by Gasteiger charge is -2.36. The van der Waals surface area contributed by atoms with Gasteiger partial charge in [-0.1, -0.05) is 43.7 Å². The molecule has 4 rings (SSSR count). The van der Waals surface area contributed by atoms with Crippen LogP contribution in [0.15, 0.2) is 42.5 Å². The molecule has 5 heteroatoms. The first-order valence-electron chi connectivity index (χ1n) is 11.0. The Labute approximate surface area is 177 Å². The van der Waals surface area contributed by atoms with Gasteiger partial charge >= 0.3 is 5.97 Å². The first-order valence-corrected chi connectivity index (χ1v) is 11.0. The summed E-state index contributed by atoms with van der Waals surface area (Å²) in [6, 6.07) is 13.1. The molecule has 160 valence electrons. The van der Waals surface area contributed by atoms with Gasteiger partial charge in [0.05, 0.1) is 12.0 Å². The Hall–Kier alpha value is -2.40. The van der Waals surface area contributed by atoms with Crippen molar-refractivity contribution >= 4 is 5.97 Å². The third-order valence-corrected chi connectivity index (χ3v) is 6.62. The summed E-state index contributed by atoms with van der Waals surface area (Å²) in [6.45, 7) is 3.65. The monoisotopic (exact) mass is 411 g/mol. The molecule has 1 aliphatic carbocycles. The molecule has 0 radical (unpaired) electrons. The maximum absolute atomic E-state index is 15.1. The van der Waals surface area contributed by atoms with E-state index in [1.54, 1.807) is 12.1 Å². The minimum absolute atomic E-state index is 0.233. The number of carboxylic acid groups (broad SMARTS) is 1. The summed E-state index contributed by atoms with van der Waals surface area (Å²) in [4.78, 5) is 12.9. The van der Waals surface area contributed by atoms with Crippen LogP contribution in [-0.2, 0) is 11.3 Å². The molecule has 1 saturated carbocycles. The average molecular weight is 412 g/mol. The molecule has 1 N–H and O–H groups in total. The van der Waals surface area contributed by atoms with Gasteiger partial charge in [-0.15, -0.1) is 0 Å². The number of rotatable bonds is 7. The van der Waals surface area contributed by atoms with E-state index in [2.05, 4.69) is 6.92 Å². The maximum atomic E-state index is 15.1. The van der Waals surface area contributed by atoms with Gasteiger partial charge in [0.1, 0.15) is 11.6 Å². The molecule has 1 aliphatic heterocycles. The van der Waals surface area contributed by atoms with Crippen LogP contribution >= 0.6 is 0 Å². The van der Waals surface area contributed by atoms with E-state index in [-0.39, 0.29) is 17.8 Å². The van der Waals surface area contributed by atoms with Gasteiger partial charge in [0.25, 0.3) is 0 Å². The van der Waals surface area contributed by atoms with Crippen molar-refractivity contribution in [3.05, 3.63) is 53.8 Å². The van der Waals surface area contributed by atoms with Gasteiger partial charge in [-0.2, -0.15) is 0 Å². The first kappa shape index (κ1) is 20.9. The SMILES string of the molecule is CCC1CCC(Oc2ccc(-c3cccc(CN4CC(C(=O)O)C4)c3F)cc2)CC1. The number of hydrogen-bond acceptors (Lipinski definition) is 3. The third kappa shape index (κ3) is 4.67. The Balaban J connectivity index is 1.39. The Kier molecular flexibility index (Phi) is 6.38. The standard InChI is InChI=1S/C25H30FNO3/c1-2-17-6-10-21(11-7-17)30-22-12-8-18(9-13-22)23-5-3-4-19(24(23)26)14-27-15-20(16-27)25(28)29/h3-5,8-9,12-13,17,20-21H,2,6-7,10-11,14-16H2,1H3,(H,28,29). The largest absolute Gasteiger partial charge is 0.490 e. The second-order valence-electron chi connectivity index (χ2n) is 8.70. The molecule has 0 amide bonds. The molecule has 1 saturated heterocycles. The lowest BCUT2D eigenvalue weighted by molar-refractivity contribution is -0.147. The van der Waals surface area contributed by atoms with Crippen molar-refractivity contribution in [1.29, 1.82) is 0 Å².